The van der Waals surface area contributed by atoms with Crippen LogP contribution in [0.25, 0.3) is 0 Å². The molecule has 122 valence electrons. The van der Waals surface area contributed by atoms with E-state index in [4.69, 9.17) is 10.1 Å². The predicted octanol–water partition coefficient (Wildman–Crippen LogP) is 2.64. The van der Waals surface area contributed by atoms with Gasteiger partial charge in [0, 0.05) is 12.3 Å². The van der Waals surface area contributed by atoms with Gasteiger partial charge in [-0.05, 0) is 32.6 Å². The van der Waals surface area contributed by atoms with Crippen LogP contribution in [-0.2, 0) is 4.74 Å². The highest BCUT2D eigenvalue weighted by atomic mass is 16.5. The maximum absolute atomic E-state index is 9.19. The maximum atomic E-state index is 9.19. The van der Waals surface area contributed by atoms with E-state index in [1.54, 1.807) is 0 Å². The zero-order valence-electron chi connectivity index (χ0n) is 13.3. The lowest BCUT2D eigenvalue weighted by molar-refractivity contribution is 0.0722. The minimum atomic E-state index is -0.135. The molecule has 0 spiro atoms. The molecule has 2 aliphatic rings. The Labute approximate surface area is 136 Å². The third-order valence-electron chi connectivity index (χ3n) is 4.42. The quantitative estimate of drug-likeness (QED) is 0.721. The number of hydrogen-bond donors (Lipinski definition) is 3. The van der Waals surface area contributed by atoms with Gasteiger partial charge in [-0.25, -0.2) is 9.97 Å². The summed E-state index contributed by atoms with van der Waals surface area (Å²) in [4.78, 5) is 8.49. The molecule has 0 amide bonds. The van der Waals surface area contributed by atoms with Crippen LogP contribution in [0.15, 0.2) is 0 Å². The molecular formula is C16H22N6O. The molecule has 1 aliphatic heterocycles. The monoisotopic (exact) mass is 314 g/mol. The summed E-state index contributed by atoms with van der Waals surface area (Å²) >= 11 is 0. The second-order valence-corrected chi connectivity index (χ2v) is 6.20. The van der Waals surface area contributed by atoms with Gasteiger partial charge in [0.25, 0.3) is 0 Å². The van der Waals surface area contributed by atoms with Crippen molar-refractivity contribution in [2.45, 2.75) is 63.8 Å². The van der Waals surface area contributed by atoms with E-state index in [2.05, 4.69) is 20.6 Å². The van der Waals surface area contributed by atoms with Crippen LogP contribution in [0.5, 0.6) is 0 Å². The van der Waals surface area contributed by atoms with Crippen molar-refractivity contribution in [1.82, 2.24) is 9.97 Å². The Kier molecular flexibility index (Phi) is 4.72. The van der Waals surface area contributed by atoms with Gasteiger partial charge in [-0.3, -0.25) is 0 Å². The standard InChI is InChI=1S/C16H22N6O/c1-10-6-7-14(23-10)22-16-12(8-17)15(20-13(9-18)21-16)19-11-4-2-3-5-11/h8,10-11,14,17H,2-7H2,1H3,(H2,19,20,21,22). The highest BCUT2D eigenvalue weighted by molar-refractivity contribution is 5.91. The summed E-state index contributed by atoms with van der Waals surface area (Å²) in [6.07, 6.45) is 7.77. The number of nitriles is 1. The minimum absolute atomic E-state index is 0.102. The van der Waals surface area contributed by atoms with Crippen molar-refractivity contribution in [3.05, 3.63) is 11.4 Å². The molecule has 3 N–H and O–H groups in total. The van der Waals surface area contributed by atoms with E-state index in [0.29, 0.717) is 23.2 Å². The number of rotatable bonds is 5. The first-order chi connectivity index (χ1) is 11.2. The lowest BCUT2D eigenvalue weighted by atomic mass is 10.2. The smallest absolute Gasteiger partial charge is 0.236 e. The number of aromatic nitrogens is 2. The first kappa shape index (κ1) is 15.7. The van der Waals surface area contributed by atoms with Crippen molar-refractivity contribution in [3.8, 4) is 6.07 Å². The van der Waals surface area contributed by atoms with Gasteiger partial charge in [0.1, 0.15) is 23.9 Å². The molecule has 1 aliphatic carbocycles. The Balaban J connectivity index is 1.87. The molecule has 1 aromatic rings. The van der Waals surface area contributed by atoms with Gasteiger partial charge < -0.3 is 20.8 Å². The highest BCUT2D eigenvalue weighted by Crippen LogP contribution is 2.27. The van der Waals surface area contributed by atoms with Gasteiger partial charge in [-0.15, -0.1) is 0 Å². The van der Waals surface area contributed by atoms with Crippen molar-refractivity contribution in [3.63, 3.8) is 0 Å². The summed E-state index contributed by atoms with van der Waals surface area (Å²) in [7, 11) is 0. The van der Waals surface area contributed by atoms with Crippen molar-refractivity contribution >= 4 is 17.9 Å². The van der Waals surface area contributed by atoms with E-state index in [1.165, 1.54) is 19.1 Å². The Hall–Kier alpha value is -2.20. The van der Waals surface area contributed by atoms with Crippen LogP contribution >= 0.6 is 0 Å². The Morgan fingerprint density at radius 2 is 1.87 bits per heavy atom. The molecule has 0 bridgehead atoms. The van der Waals surface area contributed by atoms with E-state index >= 15 is 0 Å². The zero-order valence-corrected chi connectivity index (χ0v) is 13.3. The molecule has 7 nitrogen and oxygen atoms in total. The minimum Gasteiger partial charge on any atom is -0.367 e. The van der Waals surface area contributed by atoms with E-state index in [1.807, 2.05) is 13.0 Å². The van der Waals surface area contributed by atoms with E-state index in [9.17, 15) is 5.26 Å². The fourth-order valence-electron chi connectivity index (χ4n) is 3.20. The van der Waals surface area contributed by atoms with Crippen LogP contribution in [0.2, 0.25) is 0 Å². The average Bonchev–Trinajstić information content (AvgIpc) is 3.19. The average molecular weight is 314 g/mol. The SMILES string of the molecule is CC1CCC(Nc2nc(C#N)nc(NC3CCCC3)c2C=N)O1. The molecule has 0 aromatic carbocycles. The second-order valence-electron chi connectivity index (χ2n) is 6.20. The number of nitrogens with zero attached hydrogens (tertiary/aromatic N) is 3. The second kappa shape index (κ2) is 6.92. The summed E-state index contributed by atoms with van der Waals surface area (Å²) in [6, 6.07) is 2.35. The van der Waals surface area contributed by atoms with Gasteiger partial charge in [0.15, 0.2) is 0 Å². The Morgan fingerprint density at radius 1 is 1.17 bits per heavy atom. The maximum Gasteiger partial charge on any atom is 0.236 e. The van der Waals surface area contributed by atoms with E-state index in [0.717, 1.165) is 25.7 Å². The summed E-state index contributed by atoms with van der Waals surface area (Å²) in [5.74, 6) is 1.16. The largest absolute Gasteiger partial charge is 0.367 e. The molecule has 2 fully saturated rings. The van der Waals surface area contributed by atoms with E-state index < -0.39 is 0 Å². The Morgan fingerprint density at radius 3 is 2.43 bits per heavy atom. The first-order valence-corrected chi connectivity index (χ1v) is 8.20. The number of hydrogen-bond acceptors (Lipinski definition) is 7. The molecule has 2 atom stereocenters. The fraction of sp³-hybridized carbons (Fsp3) is 0.625. The molecule has 1 saturated carbocycles. The first-order valence-electron chi connectivity index (χ1n) is 8.20. The highest BCUT2D eigenvalue weighted by Gasteiger charge is 2.25. The number of nitrogens with one attached hydrogen (secondary N) is 3. The molecule has 1 saturated heterocycles. The van der Waals surface area contributed by atoms with Crippen molar-refractivity contribution in [2.24, 2.45) is 0 Å². The zero-order chi connectivity index (χ0) is 16.2. The summed E-state index contributed by atoms with van der Waals surface area (Å²) < 4.78 is 5.76. The van der Waals surface area contributed by atoms with Gasteiger partial charge in [0.2, 0.25) is 5.82 Å². The van der Waals surface area contributed by atoms with Crippen LogP contribution in [0.3, 0.4) is 0 Å². The van der Waals surface area contributed by atoms with Crippen LogP contribution in [-0.4, -0.2) is 34.6 Å². The van der Waals surface area contributed by atoms with Crippen molar-refractivity contribution < 1.29 is 4.74 Å². The Bertz CT molecular complexity index is 620. The fourth-order valence-corrected chi connectivity index (χ4v) is 3.20. The van der Waals surface area contributed by atoms with Crippen LogP contribution in [0.1, 0.15) is 56.8 Å². The summed E-state index contributed by atoms with van der Waals surface area (Å²) in [6.45, 7) is 2.03. The third kappa shape index (κ3) is 3.59. The van der Waals surface area contributed by atoms with Gasteiger partial charge in [0.05, 0.1) is 11.7 Å². The molecule has 2 unspecified atom stereocenters. The van der Waals surface area contributed by atoms with Crippen LogP contribution in [0, 0.1) is 16.7 Å². The van der Waals surface area contributed by atoms with E-state index in [-0.39, 0.29) is 18.2 Å². The molecule has 2 heterocycles. The van der Waals surface area contributed by atoms with Crippen molar-refractivity contribution in [2.75, 3.05) is 10.6 Å². The third-order valence-corrected chi connectivity index (χ3v) is 4.42. The normalized spacial score (nSPS) is 24.3. The lowest BCUT2D eigenvalue weighted by Gasteiger charge is -2.19. The van der Waals surface area contributed by atoms with Gasteiger partial charge in [-0.2, -0.15) is 5.26 Å². The number of anilines is 2. The summed E-state index contributed by atoms with van der Waals surface area (Å²) in [5.41, 5.74) is 0.582. The molecule has 7 heteroatoms. The van der Waals surface area contributed by atoms with Crippen molar-refractivity contribution in [1.29, 1.82) is 10.7 Å². The van der Waals surface area contributed by atoms with Crippen LogP contribution in [0.4, 0.5) is 11.6 Å². The van der Waals surface area contributed by atoms with Gasteiger partial charge >= 0.3 is 0 Å². The topological polar surface area (TPSA) is 107 Å². The predicted molar refractivity (Wildman–Crippen MR) is 87.7 cm³/mol. The lowest BCUT2D eigenvalue weighted by Crippen LogP contribution is -2.23. The molecule has 0 radical (unpaired) electrons. The van der Waals surface area contributed by atoms with Gasteiger partial charge in [-0.1, -0.05) is 12.8 Å². The van der Waals surface area contributed by atoms with Crippen LogP contribution < -0.4 is 10.6 Å². The molecule has 23 heavy (non-hydrogen) atoms. The number of ether oxygens (including phenoxy) is 1. The molecule has 1 aromatic heterocycles. The molecule has 3 rings (SSSR count). The summed E-state index contributed by atoms with van der Waals surface area (Å²) in [5, 5.41) is 23.5. The molecular weight excluding hydrogens is 292 g/mol.